The van der Waals surface area contributed by atoms with Crippen LogP contribution in [0.3, 0.4) is 0 Å². The fourth-order valence-electron chi connectivity index (χ4n) is 2.67. The molecule has 1 fully saturated rings. The monoisotopic (exact) mass is 351 g/mol. The maximum absolute atomic E-state index is 12.3. The molecule has 0 bridgehead atoms. The van der Waals surface area contributed by atoms with E-state index in [9.17, 15) is 13.5 Å². The fraction of sp³-hybridized carbons (Fsp3) is 0.571. The van der Waals surface area contributed by atoms with E-state index < -0.39 is 10.0 Å². The van der Waals surface area contributed by atoms with E-state index in [-0.39, 0.29) is 21.5 Å². The van der Waals surface area contributed by atoms with Crippen molar-refractivity contribution in [3.8, 4) is 0 Å². The topological polar surface area (TPSA) is 66.4 Å². The van der Waals surface area contributed by atoms with Gasteiger partial charge in [-0.05, 0) is 30.0 Å². The molecule has 0 radical (unpaired) electrons. The van der Waals surface area contributed by atoms with Crippen LogP contribution in [-0.4, -0.2) is 20.1 Å². The molecule has 7 heteroatoms. The molecule has 0 amide bonds. The van der Waals surface area contributed by atoms with Gasteiger partial charge < -0.3 is 5.11 Å². The molecule has 1 aliphatic rings. The van der Waals surface area contributed by atoms with E-state index >= 15 is 0 Å². The second kappa shape index (κ2) is 7.29. The van der Waals surface area contributed by atoms with Crippen LogP contribution in [0.25, 0.3) is 0 Å². The molecule has 4 nitrogen and oxygen atoms in total. The maximum atomic E-state index is 12.3. The van der Waals surface area contributed by atoms with Gasteiger partial charge >= 0.3 is 0 Å². The highest BCUT2D eigenvalue weighted by atomic mass is 35.5. The molecule has 0 unspecified atom stereocenters. The van der Waals surface area contributed by atoms with Crippen molar-refractivity contribution >= 4 is 33.2 Å². The second-order valence-electron chi connectivity index (χ2n) is 5.37. The van der Waals surface area contributed by atoms with Crippen molar-refractivity contribution in [3.05, 3.63) is 27.7 Å². The van der Waals surface area contributed by atoms with Gasteiger partial charge in [-0.25, -0.2) is 13.1 Å². The van der Waals surface area contributed by atoms with Crippen molar-refractivity contribution in [1.29, 1.82) is 0 Å². The van der Waals surface area contributed by atoms with Gasteiger partial charge in [-0.1, -0.05) is 48.9 Å². The highest BCUT2D eigenvalue weighted by Gasteiger charge is 2.21. The lowest BCUT2D eigenvalue weighted by Gasteiger charge is -2.12. The van der Waals surface area contributed by atoms with Crippen LogP contribution in [0.15, 0.2) is 17.0 Å². The molecule has 1 aliphatic carbocycles. The quantitative estimate of drug-likeness (QED) is 0.825. The Morgan fingerprint density at radius 3 is 2.48 bits per heavy atom. The first kappa shape index (κ1) is 17.0. The van der Waals surface area contributed by atoms with E-state index in [0.29, 0.717) is 18.0 Å². The third kappa shape index (κ3) is 4.33. The van der Waals surface area contributed by atoms with Crippen LogP contribution in [0.1, 0.15) is 37.7 Å². The summed E-state index contributed by atoms with van der Waals surface area (Å²) in [6.07, 6.45) is 5.67. The average Bonchev–Trinajstić information content (AvgIpc) is 2.91. The van der Waals surface area contributed by atoms with Crippen molar-refractivity contribution in [1.82, 2.24) is 4.72 Å². The summed E-state index contributed by atoms with van der Waals surface area (Å²) in [7, 11) is -3.68. The number of aliphatic hydroxyl groups is 1. The van der Waals surface area contributed by atoms with E-state index in [4.69, 9.17) is 23.2 Å². The first-order chi connectivity index (χ1) is 9.94. The van der Waals surface area contributed by atoms with Crippen LogP contribution in [0.2, 0.25) is 10.0 Å². The smallest absolute Gasteiger partial charge is 0.242 e. The van der Waals surface area contributed by atoms with E-state index in [1.54, 1.807) is 0 Å². The molecular formula is C14H19Cl2NO3S. The first-order valence-electron chi connectivity index (χ1n) is 7.02. The highest BCUT2D eigenvalue weighted by molar-refractivity contribution is 7.89. The lowest BCUT2D eigenvalue weighted by molar-refractivity contribution is 0.281. The van der Waals surface area contributed by atoms with Crippen LogP contribution in [-0.2, 0) is 16.6 Å². The van der Waals surface area contributed by atoms with Gasteiger partial charge in [-0.2, -0.15) is 0 Å². The molecule has 0 saturated heterocycles. The Labute approximate surface area is 135 Å². The number of aliphatic hydroxyl groups excluding tert-OH is 1. The summed E-state index contributed by atoms with van der Waals surface area (Å²) in [5.74, 6) is 0.612. The zero-order chi connectivity index (χ0) is 15.5. The van der Waals surface area contributed by atoms with Crippen LogP contribution < -0.4 is 4.72 Å². The summed E-state index contributed by atoms with van der Waals surface area (Å²) in [6.45, 7) is 0.0704. The Kier molecular flexibility index (Phi) is 5.91. The van der Waals surface area contributed by atoms with E-state index in [0.717, 1.165) is 6.42 Å². The van der Waals surface area contributed by atoms with Crippen molar-refractivity contribution in [2.45, 2.75) is 43.6 Å². The lowest BCUT2D eigenvalue weighted by atomic mass is 10.1. The van der Waals surface area contributed by atoms with Crippen LogP contribution >= 0.6 is 23.2 Å². The Morgan fingerprint density at radius 1 is 1.19 bits per heavy atom. The number of nitrogens with one attached hydrogen (secondary N) is 1. The predicted molar refractivity (Wildman–Crippen MR) is 84.1 cm³/mol. The molecule has 0 spiro atoms. The Morgan fingerprint density at radius 2 is 1.86 bits per heavy atom. The average molecular weight is 352 g/mol. The molecule has 2 N–H and O–H groups in total. The van der Waals surface area contributed by atoms with Crippen molar-refractivity contribution in [2.75, 3.05) is 6.54 Å². The number of rotatable bonds is 6. The molecule has 0 aromatic heterocycles. The van der Waals surface area contributed by atoms with Crippen molar-refractivity contribution < 1.29 is 13.5 Å². The molecule has 118 valence electrons. The van der Waals surface area contributed by atoms with E-state index in [1.165, 1.54) is 37.8 Å². The van der Waals surface area contributed by atoms with Gasteiger partial charge in [-0.3, -0.25) is 0 Å². The second-order valence-corrected chi connectivity index (χ2v) is 7.92. The van der Waals surface area contributed by atoms with Gasteiger partial charge in [-0.15, -0.1) is 0 Å². The van der Waals surface area contributed by atoms with Gasteiger partial charge in [0.15, 0.2) is 0 Å². The van der Waals surface area contributed by atoms with Gasteiger partial charge in [0.2, 0.25) is 10.0 Å². The summed E-state index contributed by atoms with van der Waals surface area (Å²) < 4.78 is 27.1. The minimum atomic E-state index is -3.68. The molecule has 1 aromatic rings. The molecule has 1 aromatic carbocycles. The molecule has 1 saturated carbocycles. The van der Waals surface area contributed by atoms with Crippen molar-refractivity contribution in [2.24, 2.45) is 5.92 Å². The van der Waals surface area contributed by atoms with E-state index in [1.807, 2.05) is 0 Å². The molecular weight excluding hydrogens is 333 g/mol. The third-order valence-corrected chi connectivity index (χ3v) is 6.16. The molecule has 2 rings (SSSR count). The molecule has 0 aliphatic heterocycles. The summed E-state index contributed by atoms with van der Waals surface area (Å²) in [5.41, 5.74) is 0.345. The largest absolute Gasteiger partial charge is 0.392 e. The maximum Gasteiger partial charge on any atom is 0.242 e. The highest BCUT2D eigenvalue weighted by Crippen LogP contribution is 2.29. The van der Waals surface area contributed by atoms with Gasteiger partial charge in [0.25, 0.3) is 0 Å². The summed E-state index contributed by atoms with van der Waals surface area (Å²) in [4.78, 5) is -0.0379. The van der Waals surface area contributed by atoms with Gasteiger partial charge in [0.1, 0.15) is 4.90 Å². The normalized spacial score (nSPS) is 16.5. The molecule has 0 heterocycles. The summed E-state index contributed by atoms with van der Waals surface area (Å²) in [6, 6.07) is 2.67. The van der Waals surface area contributed by atoms with Crippen LogP contribution in [0.4, 0.5) is 0 Å². The third-order valence-electron chi connectivity index (χ3n) is 3.88. The van der Waals surface area contributed by atoms with Crippen LogP contribution in [0.5, 0.6) is 0 Å². The minimum Gasteiger partial charge on any atom is -0.392 e. The fourth-order valence-corrected chi connectivity index (χ4v) is 4.58. The number of hydrogen-bond acceptors (Lipinski definition) is 3. The number of benzene rings is 1. The van der Waals surface area contributed by atoms with Crippen LogP contribution in [0, 0.1) is 5.92 Å². The number of sulfonamides is 1. The SMILES string of the molecule is O=S(=O)(NCCC1CCCC1)c1cc(CO)c(Cl)cc1Cl. The van der Waals surface area contributed by atoms with Gasteiger partial charge in [0.05, 0.1) is 11.6 Å². The predicted octanol–water partition coefficient (Wildman–Crippen LogP) is 3.34. The Bertz CT molecular complexity index is 598. The number of halogens is 2. The standard InChI is InChI=1S/C14H19Cl2NO3S/c15-12-8-13(16)14(7-11(12)9-18)21(19,20)17-6-5-10-3-1-2-4-10/h7-8,10,17-18H,1-6,9H2. The number of hydrogen-bond donors (Lipinski definition) is 2. The Hall–Kier alpha value is -0.330. The summed E-state index contributed by atoms with van der Waals surface area (Å²) in [5, 5.41) is 9.49. The molecule has 0 atom stereocenters. The van der Waals surface area contributed by atoms with E-state index in [2.05, 4.69) is 4.72 Å². The minimum absolute atomic E-state index is 0.0379. The lowest BCUT2D eigenvalue weighted by Crippen LogP contribution is -2.26. The first-order valence-corrected chi connectivity index (χ1v) is 9.26. The zero-order valence-electron chi connectivity index (χ0n) is 11.6. The summed E-state index contributed by atoms with van der Waals surface area (Å²) >= 11 is 11.8. The zero-order valence-corrected chi connectivity index (χ0v) is 13.9. The Balaban J connectivity index is 2.07. The van der Waals surface area contributed by atoms with Gasteiger partial charge in [0, 0.05) is 11.6 Å². The molecule has 21 heavy (non-hydrogen) atoms. The van der Waals surface area contributed by atoms with Crippen molar-refractivity contribution in [3.63, 3.8) is 0 Å².